The summed E-state index contributed by atoms with van der Waals surface area (Å²) in [5.74, 6) is -5.41. The van der Waals surface area contributed by atoms with Gasteiger partial charge in [-0.3, -0.25) is 0 Å². The number of hydrogen-bond donors (Lipinski definition) is 4. The number of aliphatic hydroxyl groups excluding tert-OH is 1. The van der Waals surface area contributed by atoms with Crippen LogP contribution in [-0.2, 0) is 4.79 Å². The summed E-state index contributed by atoms with van der Waals surface area (Å²) in [5, 5.41) is 29.0. The summed E-state index contributed by atoms with van der Waals surface area (Å²) in [6.07, 6.45) is 0.798. The molecule has 1 atom stereocenters. The number of phenols is 1. The molecule has 1 aromatic rings. The number of nitrogens with zero attached hydrogens (tertiary/aromatic N) is 1. The first kappa shape index (κ1) is 13.6. The molecule has 21 heavy (non-hydrogen) atoms. The Balaban J connectivity index is 2.30. The molecule has 6 nitrogen and oxygen atoms in total. The van der Waals surface area contributed by atoms with Crippen molar-refractivity contribution >= 4 is 17.3 Å². The lowest BCUT2D eigenvalue weighted by atomic mass is 9.93. The highest BCUT2D eigenvalue weighted by Crippen LogP contribution is 2.50. The van der Waals surface area contributed by atoms with E-state index in [1.807, 2.05) is 0 Å². The quantitative estimate of drug-likeness (QED) is 0.483. The van der Waals surface area contributed by atoms with E-state index in [2.05, 4.69) is 0 Å². The summed E-state index contributed by atoms with van der Waals surface area (Å²) in [6, 6.07) is -0.138. The van der Waals surface area contributed by atoms with Crippen LogP contribution in [0.15, 0.2) is 11.8 Å². The first-order valence-corrected chi connectivity index (χ1v) is 6.25. The van der Waals surface area contributed by atoms with Crippen LogP contribution < -0.4 is 10.6 Å². The monoisotopic (exact) mass is 298 g/mol. The van der Waals surface area contributed by atoms with E-state index in [0.29, 0.717) is 12.8 Å². The highest BCUT2D eigenvalue weighted by atomic mass is 19.2. The van der Waals surface area contributed by atoms with Crippen LogP contribution in [0.3, 0.4) is 0 Å². The molecule has 0 amide bonds. The highest BCUT2D eigenvalue weighted by Gasteiger charge is 2.41. The maximum absolute atomic E-state index is 13.7. The number of carboxylic acid groups (broad SMARTS) is 1. The first-order valence-electron chi connectivity index (χ1n) is 6.25. The van der Waals surface area contributed by atoms with Gasteiger partial charge in [-0.1, -0.05) is 0 Å². The molecular weight excluding hydrogens is 286 g/mol. The zero-order valence-electron chi connectivity index (χ0n) is 10.7. The Kier molecular flexibility index (Phi) is 2.80. The van der Waals surface area contributed by atoms with Gasteiger partial charge in [-0.25, -0.2) is 9.18 Å². The normalized spacial score (nSPS) is 21.0. The summed E-state index contributed by atoms with van der Waals surface area (Å²) in [6.45, 7) is 0. The molecule has 1 heterocycles. The standard InChI is InChI=1S/C13H12F2N2O4/c14-7-8(15)12(19)10-6(9(7)16)11(18)5(13(20)21)3-17(10)4-1-2-4/h3-4,11,18-19H,1-2,16H2,(H,20,21). The van der Waals surface area contributed by atoms with Crippen molar-refractivity contribution in [2.24, 2.45) is 0 Å². The smallest absolute Gasteiger partial charge is 0.336 e. The van der Waals surface area contributed by atoms with Crippen LogP contribution in [0.1, 0.15) is 24.5 Å². The van der Waals surface area contributed by atoms with Crippen LogP contribution in [0.25, 0.3) is 0 Å². The predicted octanol–water partition coefficient (Wildman–Crippen LogP) is 1.24. The average molecular weight is 298 g/mol. The van der Waals surface area contributed by atoms with Crippen LogP contribution in [0.4, 0.5) is 20.2 Å². The molecule has 8 heteroatoms. The van der Waals surface area contributed by atoms with Crippen LogP contribution in [0.2, 0.25) is 0 Å². The van der Waals surface area contributed by atoms with Gasteiger partial charge in [0.15, 0.2) is 11.6 Å². The zero-order chi connectivity index (χ0) is 15.5. The third kappa shape index (κ3) is 1.83. The number of carboxylic acids is 1. The number of rotatable bonds is 2. The van der Waals surface area contributed by atoms with Gasteiger partial charge in [-0.15, -0.1) is 0 Å². The number of nitrogens with two attached hydrogens (primary N) is 1. The zero-order valence-corrected chi connectivity index (χ0v) is 10.7. The molecule has 0 radical (unpaired) electrons. The number of hydrogen-bond acceptors (Lipinski definition) is 5. The van der Waals surface area contributed by atoms with E-state index in [-0.39, 0.29) is 17.3 Å². The van der Waals surface area contributed by atoms with Crippen LogP contribution >= 0.6 is 0 Å². The van der Waals surface area contributed by atoms with Gasteiger partial charge >= 0.3 is 5.97 Å². The average Bonchev–Trinajstić information content (AvgIpc) is 3.26. The molecule has 2 aliphatic rings. The predicted molar refractivity (Wildman–Crippen MR) is 68.6 cm³/mol. The fourth-order valence-corrected chi connectivity index (χ4v) is 2.49. The maximum atomic E-state index is 13.7. The molecule has 1 aliphatic carbocycles. The van der Waals surface area contributed by atoms with E-state index in [4.69, 9.17) is 10.8 Å². The summed E-state index contributed by atoms with van der Waals surface area (Å²) in [4.78, 5) is 12.5. The van der Waals surface area contributed by atoms with E-state index in [9.17, 15) is 23.8 Å². The van der Waals surface area contributed by atoms with Gasteiger partial charge < -0.3 is 26.0 Å². The van der Waals surface area contributed by atoms with E-state index < -0.39 is 40.7 Å². The number of phenolic OH excluding ortho intramolecular Hbond substituents is 1. The highest BCUT2D eigenvalue weighted by molar-refractivity contribution is 5.92. The second-order valence-corrected chi connectivity index (χ2v) is 5.08. The molecular formula is C13H12F2N2O4. The molecule has 1 fully saturated rings. The van der Waals surface area contributed by atoms with Crippen molar-refractivity contribution < 1.29 is 28.9 Å². The van der Waals surface area contributed by atoms with E-state index in [1.54, 1.807) is 0 Å². The van der Waals surface area contributed by atoms with Gasteiger partial charge in [0.05, 0.1) is 16.9 Å². The van der Waals surface area contributed by atoms with Gasteiger partial charge in [0.25, 0.3) is 0 Å². The minimum Gasteiger partial charge on any atom is -0.503 e. The molecule has 1 aliphatic heterocycles. The number of anilines is 2. The van der Waals surface area contributed by atoms with Gasteiger partial charge in [0, 0.05) is 17.8 Å². The van der Waals surface area contributed by atoms with Gasteiger partial charge in [0.1, 0.15) is 6.10 Å². The molecule has 0 spiro atoms. The molecule has 112 valence electrons. The van der Waals surface area contributed by atoms with Crippen molar-refractivity contribution in [3.8, 4) is 5.75 Å². The molecule has 0 bridgehead atoms. The number of fused-ring (bicyclic) bond motifs is 1. The third-order valence-electron chi connectivity index (χ3n) is 3.70. The van der Waals surface area contributed by atoms with Crippen molar-refractivity contribution in [1.82, 2.24) is 0 Å². The van der Waals surface area contributed by atoms with Gasteiger partial charge in [-0.2, -0.15) is 4.39 Å². The molecule has 3 rings (SSSR count). The summed E-state index contributed by atoms with van der Waals surface area (Å²) in [7, 11) is 0. The molecule has 5 N–H and O–H groups in total. The first-order chi connectivity index (χ1) is 9.84. The second-order valence-electron chi connectivity index (χ2n) is 5.08. The molecule has 1 saturated carbocycles. The van der Waals surface area contributed by atoms with E-state index in [1.165, 1.54) is 4.90 Å². The van der Waals surface area contributed by atoms with E-state index in [0.717, 1.165) is 6.20 Å². The molecule has 0 saturated heterocycles. The second kappa shape index (κ2) is 4.32. The number of benzene rings is 1. The Hall–Kier alpha value is -2.35. The van der Waals surface area contributed by atoms with Crippen molar-refractivity contribution in [3.05, 3.63) is 29.0 Å². The fourth-order valence-electron chi connectivity index (χ4n) is 2.49. The lowest BCUT2D eigenvalue weighted by Crippen LogP contribution is -2.30. The number of halogens is 2. The summed E-state index contributed by atoms with van der Waals surface area (Å²) < 4.78 is 27.3. The fraction of sp³-hybridized carbons (Fsp3) is 0.308. The van der Waals surface area contributed by atoms with Crippen LogP contribution in [0.5, 0.6) is 5.75 Å². The van der Waals surface area contributed by atoms with Crippen molar-refractivity contribution in [2.45, 2.75) is 25.0 Å². The van der Waals surface area contributed by atoms with Crippen molar-refractivity contribution in [2.75, 3.05) is 10.6 Å². The topological polar surface area (TPSA) is 107 Å². The maximum Gasteiger partial charge on any atom is 0.336 e. The Morgan fingerprint density at radius 3 is 2.48 bits per heavy atom. The molecule has 1 aromatic carbocycles. The van der Waals surface area contributed by atoms with Gasteiger partial charge in [0.2, 0.25) is 5.82 Å². The Bertz CT molecular complexity index is 685. The summed E-state index contributed by atoms with van der Waals surface area (Å²) in [5.41, 5.74) is 3.87. The minimum atomic E-state index is -1.74. The Labute approximate surface area is 117 Å². The van der Waals surface area contributed by atoms with E-state index >= 15 is 0 Å². The third-order valence-corrected chi connectivity index (χ3v) is 3.70. The lowest BCUT2D eigenvalue weighted by molar-refractivity contribution is -0.133. The largest absolute Gasteiger partial charge is 0.503 e. The Morgan fingerprint density at radius 2 is 1.95 bits per heavy atom. The number of aromatic hydroxyl groups is 1. The van der Waals surface area contributed by atoms with Crippen LogP contribution in [0, 0.1) is 11.6 Å². The SMILES string of the molecule is Nc1c(F)c(F)c(O)c2c1C(O)C(C(=O)O)=CN2C1CC1. The van der Waals surface area contributed by atoms with Gasteiger partial charge in [-0.05, 0) is 12.8 Å². The number of carbonyl (C=O) groups is 1. The Morgan fingerprint density at radius 1 is 1.33 bits per heavy atom. The summed E-state index contributed by atoms with van der Waals surface area (Å²) >= 11 is 0. The van der Waals surface area contributed by atoms with Crippen molar-refractivity contribution in [3.63, 3.8) is 0 Å². The number of nitrogen functional groups attached to an aromatic ring is 1. The molecule has 1 unspecified atom stereocenters. The molecule has 0 aromatic heterocycles. The van der Waals surface area contributed by atoms with Crippen molar-refractivity contribution in [1.29, 1.82) is 0 Å². The number of aliphatic hydroxyl groups is 1. The number of aliphatic carboxylic acids is 1. The minimum absolute atomic E-state index is 0.138. The lowest BCUT2D eigenvalue weighted by Gasteiger charge is -2.32. The van der Waals surface area contributed by atoms with Crippen LogP contribution in [-0.4, -0.2) is 27.3 Å².